The number of hydrogen-bond acceptors (Lipinski definition) is 2. The first kappa shape index (κ1) is 11.5. The maximum atomic E-state index is 4.53. The number of rotatable bonds is 0. The lowest BCUT2D eigenvalue weighted by atomic mass is 9.87. The van der Waals surface area contributed by atoms with Crippen LogP contribution in [0.25, 0.3) is 10.9 Å². The van der Waals surface area contributed by atoms with Gasteiger partial charge in [0.25, 0.3) is 0 Å². The fourth-order valence-corrected chi connectivity index (χ4v) is 1.96. The minimum Gasteiger partial charge on any atom is -0.255 e. The topological polar surface area (TPSA) is 12.9 Å². The van der Waals surface area contributed by atoms with Crippen molar-refractivity contribution in [1.82, 2.24) is 4.98 Å². The highest BCUT2D eigenvalue weighted by Crippen LogP contribution is 2.28. The molecular formula is C14H17NS. The molecule has 0 N–H and O–H groups in total. The molecule has 1 heterocycles. The van der Waals surface area contributed by atoms with Gasteiger partial charge in [-0.2, -0.15) is 0 Å². The maximum absolute atomic E-state index is 4.53. The Morgan fingerprint density at radius 1 is 1.19 bits per heavy atom. The van der Waals surface area contributed by atoms with Crippen molar-refractivity contribution >= 4 is 23.5 Å². The normalized spacial score (nSPS) is 12.1. The first-order valence-corrected chi connectivity index (χ1v) is 5.93. The Kier molecular flexibility index (Phi) is 2.70. The Balaban J connectivity index is 2.70. The number of fused-ring (bicyclic) bond motifs is 1. The van der Waals surface area contributed by atoms with Gasteiger partial charge in [0, 0.05) is 16.5 Å². The minimum absolute atomic E-state index is 0.142. The van der Waals surface area contributed by atoms with Crippen LogP contribution in [0, 0.1) is 6.92 Å². The smallest absolute Gasteiger partial charge is 0.0837 e. The summed E-state index contributed by atoms with van der Waals surface area (Å²) in [4.78, 5) is 5.52. The molecule has 0 radical (unpaired) electrons. The summed E-state index contributed by atoms with van der Waals surface area (Å²) in [5.41, 5.74) is 3.57. The van der Waals surface area contributed by atoms with Crippen LogP contribution in [0.15, 0.2) is 29.3 Å². The summed E-state index contributed by atoms with van der Waals surface area (Å²) in [6.07, 6.45) is 1.96. The molecule has 0 saturated carbocycles. The van der Waals surface area contributed by atoms with Crippen molar-refractivity contribution in [3.63, 3.8) is 0 Å². The Morgan fingerprint density at radius 3 is 2.50 bits per heavy atom. The summed E-state index contributed by atoms with van der Waals surface area (Å²) in [7, 11) is 0. The fraction of sp³-hybridized carbons (Fsp3) is 0.357. The van der Waals surface area contributed by atoms with Gasteiger partial charge < -0.3 is 0 Å². The molecule has 0 atom stereocenters. The summed E-state index contributed by atoms with van der Waals surface area (Å²) in [5, 5.41) is 1.17. The summed E-state index contributed by atoms with van der Waals surface area (Å²) in [5.74, 6) is 0. The van der Waals surface area contributed by atoms with Gasteiger partial charge in [-0.3, -0.25) is 4.98 Å². The zero-order valence-corrected chi connectivity index (χ0v) is 11.1. The fourth-order valence-electron chi connectivity index (χ4n) is 1.70. The molecule has 1 aromatic heterocycles. The van der Waals surface area contributed by atoms with E-state index < -0.39 is 0 Å². The summed E-state index contributed by atoms with van der Waals surface area (Å²) >= 11 is 4.51. The minimum atomic E-state index is 0.142. The number of pyridine rings is 1. The van der Waals surface area contributed by atoms with Crippen molar-refractivity contribution < 1.29 is 0 Å². The molecule has 84 valence electrons. The van der Waals surface area contributed by atoms with E-state index in [4.69, 9.17) is 0 Å². The summed E-state index contributed by atoms with van der Waals surface area (Å²) < 4.78 is 0. The lowest BCUT2D eigenvalue weighted by Crippen LogP contribution is -2.11. The molecule has 2 heteroatoms. The molecule has 2 aromatic rings. The maximum Gasteiger partial charge on any atom is 0.0837 e. The molecular weight excluding hydrogens is 214 g/mol. The average molecular weight is 231 g/mol. The van der Waals surface area contributed by atoms with Crippen LogP contribution in [0.1, 0.15) is 31.9 Å². The molecule has 0 aliphatic carbocycles. The van der Waals surface area contributed by atoms with Crippen LogP contribution >= 0.6 is 12.6 Å². The lowest BCUT2D eigenvalue weighted by Gasteiger charge is -2.19. The van der Waals surface area contributed by atoms with Gasteiger partial charge in [0.15, 0.2) is 0 Å². The van der Waals surface area contributed by atoms with E-state index in [-0.39, 0.29) is 5.41 Å². The standard InChI is InChI=1S/C14H17NS/c1-9-5-6-10-7-11(14(2,3)4)8-15-12(10)13(9)16/h5-8,16H,1-4H3. The van der Waals surface area contributed by atoms with Crippen molar-refractivity contribution in [2.24, 2.45) is 0 Å². The highest BCUT2D eigenvalue weighted by molar-refractivity contribution is 7.80. The van der Waals surface area contributed by atoms with Crippen molar-refractivity contribution in [3.8, 4) is 0 Å². The number of aryl methyl sites for hydroxylation is 1. The van der Waals surface area contributed by atoms with Crippen molar-refractivity contribution in [3.05, 3.63) is 35.5 Å². The van der Waals surface area contributed by atoms with Gasteiger partial charge in [-0.15, -0.1) is 12.6 Å². The quantitative estimate of drug-likeness (QED) is 0.673. The average Bonchev–Trinajstić information content (AvgIpc) is 2.22. The molecule has 0 aliphatic rings. The van der Waals surface area contributed by atoms with Crippen LogP contribution in [-0.2, 0) is 5.41 Å². The van der Waals surface area contributed by atoms with Crippen LogP contribution in [0.3, 0.4) is 0 Å². The predicted molar refractivity (Wildman–Crippen MR) is 72.4 cm³/mol. The number of hydrogen-bond donors (Lipinski definition) is 1. The van der Waals surface area contributed by atoms with E-state index >= 15 is 0 Å². The largest absolute Gasteiger partial charge is 0.255 e. The van der Waals surface area contributed by atoms with Gasteiger partial charge in [0.1, 0.15) is 0 Å². The van der Waals surface area contributed by atoms with Gasteiger partial charge in [-0.1, -0.05) is 32.9 Å². The van der Waals surface area contributed by atoms with Crippen LogP contribution in [0.5, 0.6) is 0 Å². The third-order valence-corrected chi connectivity index (χ3v) is 3.46. The Morgan fingerprint density at radius 2 is 1.88 bits per heavy atom. The Labute approximate surface area is 102 Å². The lowest BCUT2D eigenvalue weighted by molar-refractivity contribution is 0.588. The molecule has 16 heavy (non-hydrogen) atoms. The van der Waals surface area contributed by atoms with Gasteiger partial charge >= 0.3 is 0 Å². The van der Waals surface area contributed by atoms with Crippen LogP contribution in [-0.4, -0.2) is 4.98 Å². The van der Waals surface area contributed by atoms with Crippen molar-refractivity contribution in [2.45, 2.75) is 38.0 Å². The van der Waals surface area contributed by atoms with E-state index in [1.54, 1.807) is 0 Å². The van der Waals surface area contributed by atoms with Crippen molar-refractivity contribution in [2.75, 3.05) is 0 Å². The van der Waals surface area contributed by atoms with E-state index in [1.807, 2.05) is 6.20 Å². The van der Waals surface area contributed by atoms with Gasteiger partial charge in [-0.25, -0.2) is 0 Å². The van der Waals surface area contributed by atoms with E-state index in [0.29, 0.717) is 0 Å². The Hall–Kier alpha value is -1.02. The van der Waals surface area contributed by atoms with Crippen molar-refractivity contribution in [1.29, 1.82) is 0 Å². The molecule has 0 spiro atoms. The highest BCUT2D eigenvalue weighted by atomic mass is 32.1. The van der Waals surface area contributed by atoms with Gasteiger partial charge in [0.2, 0.25) is 0 Å². The molecule has 0 aliphatic heterocycles. The summed E-state index contributed by atoms with van der Waals surface area (Å²) in [6, 6.07) is 6.42. The van der Waals surface area contributed by atoms with E-state index in [1.165, 1.54) is 16.5 Å². The molecule has 1 aromatic carbocycles. The molecule has 1 nitrogen and oxygen atoms in total. The van der Waals surface area contributed by atoms with Crippen LogP contribution < -0.4 is 0 Å². The third kappa shape index (κ3) is 1.94. The SMILES string of the molecule is Cc1ccc2cc(C(C)(C)C)cnc2c1S. The van der Waals surface area contributed by atoms with Gasteiger partial charge in [0.05, 0.1) is 5.52 Å². The zero-order chi connectivity index (χ0) is 11.9. The Bertz CT molecular complexity index is 538. The molecule has 0 fully saturated rings. The van der Waals surface area contributed by atoms with E-state index in [0.717, 1.165) is 10.4 Å². The second kappa shape index (κ2) is 3.77. The zero-order valence-electron chi connectivity index (χ0n) is 10.2. The van der Waals surface area contributed by atoms with Crippen LogP contribution in [0.4, 0.5) is 0 Å². The van der Waals surface area contributed by atoms with E-state index in [9.17, 15) is 0 Å². The molecule has 0 saturated heterocycles. The van der Waals surface area contributed by atoms with Gasteiger partial charge in [-0.05, 0) is 29.5 Å². The van der Waals surface area contributed by atoms with Crippen LogP contribution in [0.2, 0.25) is 0 Å². The predicted octanol–water partition coefficient (Wildman–Crippen LogP) is 4.13. The number of thiol groups is 1. The molecule has 0 amide bonds. The monoisotopic (exact) mass is 231 g/mol. The third-order valence-electron chi connectivity index (χ3n) is 2.89. The first-order valence-electron chi connectivity index (χ1n) is 5.48. The second-order valence-electron chi connectivity index (χ2n) is 5.28. The molecule has 0 bridgehead atoms. The highest BCUT2D eigenvalue weighted by Gasteiger charge is 2.15. The van der Waals surface area contributed by atoms with E-state index in [2.05, 4.69) is 63.5 Å². The number of benzene rings is 1. The summed E-state index contributed by atoms with van der Waals surface area (Å²) in [6.45, 7) is 8.66. The number of aromatic nitrogens is 1. The molecule has 2 rings (SSSR count). The second-order valence-corrected chi connectivity index (χ2v) is 5.72. The molecule has 0 unspecified atom stereocenters. The number of nitrogens with zero attached hydrogens (tertiary/aromatic N) is 1. The first-order chi connectivity index (χ1) is 7.39.